The van der Waals surface area contributed by atoms with Crippen molar-refractivity contribution in [1.82, 2.24) is 5.32 Å². The zero-order valence-electron chi connectivity index (χ0n) is 8.67. The molecule has 0 radical (unpaired) electrons. The van der Waals surface area contributed by atoms with Gasteiger partial charge in [-0.25, -0.2) is 0 Å². The second kappa shape index (κ2) is 5.59. The molecule has 0 aromatic rings. The monoisotopic (exact) mass is 202 g/mol. The minimum absolute atomic E-state index is 0.141. The molecule has 0 aromatic carbocycles. The molecule has 0 aliphatic carbocycles. The van der Waals surface area contributed by atoms with Crippen LogP contribution < -0.4 is 11.1 Å². The van der Waals surface area contributed by atoms with Crippen LogP contribution >= 0.6 is 0 Å². The summed E-state index contributed by atoms with van der Waals surface area (Å²) in [6, 6.07) is 0. The van der Waals surface area contributed by atoms with Crippen molar-refractivity contribution in [2.24, 2.45) is 5.73 Å². The normalized spacial score (nSPS) is 11.1. The highest BCUT2D eigenvalue weighted by atomic mass is 16.4. The number of carbonyl (C=O) groups is 2. The molecule has 82 valence electrons. The Hall–Kier alpha value is -1.10. The first-order chi connectivity index (χ1) is 6.34. The number of unbranched alkanes of at least 4 members (excludes halogenated alkanes) is 1. The van der Waals surface area contributed by atoms with E-state index in [9.17, 15) is 9.59 Å². The molecule has 0 rings (SSSR count). The summed E-state index contributed by atoms with van der Waals surface area (Å²) in [7, 11) is 0. The second-order valence-corrected chi connectivity index (χ2v) is 3.83. The van der Waals surface area contributed by atoms with Gasteiger partial charge in [-0.1, -0.05) is 0 Å². The fraction of sp³-hybridized carbons (Fsp3) is 0.778. The average Bonchev–Trinajstić information content (AvgIpc) is 2.01. The molecule has 0 aromatic heterocycles. The standard InChI is InChI=1S/C9H18N2O3/c1-9(2,10)8(14)11-6-4-3-5-7(12)13/h3-6,10H2,1-2H3,(H,11,14)(H,12,13). The molecular formula is C9H18N2O3. The lowest BCUT2D eigenvalue weighted by Crippen LogP contribution is -2.49. The van der Waals surface area contributed by atoms with Crippen molar-refractivity contribution in [2.75, 3.05) is 6.54 Å². The molecule has 0 fully saturated rings. The Balaban J connectivity index is 3.46. The number of nitrogens with one attached hydrogen (secondary N) is 1. The third kappa shape index (κ3) is 6.42. The van der Waals surface area contributed by atoms with Crippen molar-refractivity contribution < 1.29 is 14.7 Å². The predicted octanol–water partition coefficient (Wildman–Crippen LogP) is 0.0948. The van der Waals surface area contributed by atoms with Crippen LogP contribution in [-0.4, -0.2) is 29.1 Å². The van der Waals surface area contributed by atoms with Crippen molar-refractivity contribution in [3.63, 3.8) is 0 Å². The maximum Gasteiger partial charge on any atom is 0.303 e. The Labute approximate surface area is 83.7 Å². The van der Waals surface area contributed by atoms with E-state index in [2.05, 4.69) is 5.32 Å². The number of nitrogens with two attached hydrogens (primary N) is 1. The number of rotatable bonds is 6. The Morgan fingerprint density at radius 1 is 1.36 bits per heavy atom. The third-order valence-corrected chi connectivity index (χ3v) is 1.69. The molecule has 5 nitrogen and oxygen atoms in total. The molecule has 14 heavy (non-hydrogen) atoms. The van der Waals surface area contributed by atoms with Crippen LogP contribution in [-0.2, 0) is 9.59 Å². The zero-order chi connectivity index (χ0) is 11.2. The largest absolute Gasteiger partial charge is 0.481 e. The average molecular weight is 202 g/mol. The summed E-state index contributed by atoms with van der Waals surface area (Å²) in [5.41, 5.74) is 4.67. The number of aliphatic carboxylic acids is 1. The van der Waals surface area contributed by atoms with E-state index in [1.807, 2.05) is 0 Å². The molecule has 0 saturated heterocycles. The van der Waals surface area contributed by atoms with Gasteiger partial charge in [-0.2, -0.15) is 0 Å². The SMILES string of the molecule is CC(C)(N)C(=O)NCCCCC(=O)O. The van der Waals surface area contributed by atoms with Gasteiger partial charge in [-0.05, 0) is 26.7 Å². The van der Waals surface area contributed by atoms with Crippen LogP contribution in [0.15, 0.2) is 0 Å². The Bertz CT molecular complexity index is 209. The first-order valence-corrected chi connectivity index (χ1v) is 4.63. The Morgan fingerprint density at radius 3 is 2.36 bits per heavy atom. The summed E-state index contributed by atoms with van der Waals surface area (Å²) in [4.78, 5) is 21.4. The molecule has 1 amide bonds. The van der Waals surface area contributed by atoms with E-state index in [0.29, 0.717) is 19.4 Å². The van der Waals surface area contributed by atoms with Gasteiger partial charge in [0.2, 0.25) is 5.91 Å². The lowest BCUT2D eigenvalue weighted by atomic mass is 10.1. The highest BCUT2D eigenvalue weighted by Crippen LogP contribution is 1.97. The van der Waals surface area contributed by atoms with Crippen LogP contribution in [0.5, 0.6) is 0 Å². The molecule has 0 aliphatic rings. The lowest BCUT2D eigenvalue weighted by molar-refractivity contribution is -0.137. The summed E-state index contributed by atoms with van der Waals surface area (Å²) >= 11 is 0. The van der Waals surface area contributed by atoms with Gasteiger partial charge >= 0.3 is 5.97 Å². The van der Waals surface area contributed by atoms with Crippen molar-refractivity contribution in [3.8, 4) is 0 Å². The summed E-state index contributed by atoms with van der Waals surface area (Å²) in [6.45, 7) is 3.73. The van der Waals surface area contributed by atoms with Crippen molar-refractivity contribution in [3.05, 3.63) is 0 Å². The molecular weight excluding hydrogens is 184 g/mol. The molecule has 0 unspecified atom stereocenters. The van der Waals surface area contributed by atoms with Gasteiger partial charge in [0.15, 0.2) is 0 Å². The van der Waals surface area contributed by atoms with Crippen LogP contribution in [0.25, 0.3) is 0 Å². The van der Waals surface area contributed by atoms with Crippen molar-refractivity contribution in [1.29, 1.82) is 0 Å². The van der Waals surface area contributed by atoms with Crippen molar-refractivity contribution in [2.45, 2.75) is 38.6 Å². The zero-order valence-corrected chi connectivity index (χ0v) is 8.67. The minimum atomic E-state index is -0.868. The van der Waals surface area contributed by atoms with E-state index in [4.69, 9.17) is 10.8 Å². The number of carboxylic acids is 1. The third-order valence-electron chi connectivity index (χ3n) is 1.69. The summed E-state index contributed by atoms with van der Waals surface area (Å²) in [6.07, 6.45) is 1.37. The maximum absolute atomic E-state index is 11.2. The highest BCUT2D eigenvalue weighted by Gasteiger charge is 2.20. The number of amides is 1. The number of hydrogen-bond donors (Lipinski definition) is 3. The van der Waals surface area contributed by atoms with Gasteiger partial charge in [0.25, 0.3) is 0 Å². The van der Waals surface area contributed by atoms with Crippen LogP contribution in [0.3, 0.4) is 0 Å². The quantitative estimate of drug-likeness (QED) is 0.532. The van der Waals surface area contributed by atoms with Crippen LogP contribution in [0.1, 0.15) is 33.1 Å². The van der Waals surface area contributed by atoms with Gasteiger partial charge in [-0.15, -0.1) is 0 Å². The molecule has 5 heteroatoms. The molecule has 0 spiro atoms. The molecule has 0 aliphatic heterocycles. The van der Waals surface area contributed by atoms with Crippen LogP contribution in [0.4, 0.5) is 0 Å². The first kappa shape index (κ1) is 12.9. The molecule has 0 atom stereocenters. The number of carbonyl (C=O) groups excluding carboxylic acids is 1. The molecule has 0 bridgehead atoms. The lowest BCUT2D eigenvalue weighted by Gasteiger charge is -2.17. The highest BCUT2D eigenvalue weighted by molar-refractivity contribution is 5.84. The maximum atomic E-state index is 11.2. The van der Waals surface area contributed by atoms with E-state index in [-0.39, 0.29) is 12.3 Å². The number of carboxylic acid groups (broad SMARTS) is 1. The summed E-state index contributed by atoms with van der Waals surface area (Å²) in [5, 5.41) is 11.0. The van der Waals surface area contributed by atoms with E-state index in [1.54, 1.807) is 13.8 Å². The Kier molecular flexibility index (Phi) is 5.15. The van der Waals surface area contributed by atoms with Gasteiger partial charge in [0, 0.05) is 13.0 Å². The second-order valence-electron chi connectivity index (χ2n) is 3.83. The van der Waals surface area contributed by atoms with Gasteiger partial charge in [0.05, 0.1) is 5.54 Å². The Morgan fingerprint density at radius 2 is 1.93 bits per heavy atom. The van der Waals surface area contributed by atoms with Gasteiger partial charge in [-0.3, -0.25) is 9.59 Å². The van der Waals surface area contributed by atoms with Crippen molar-refractivity contribution >= 4 is 11.9 Å². The van der Waals surface area contributed by atoms with Crippen LogP contribution in [0.2, 0.25) is 0 Å². The summed E-state index contributed by atoms with van der Waals surface area (Å²) < 4.78 is 0. The van der Waals surface area contributed by atoms with Gasteiger partial charge in [0.1, 0.15) is 0 Å². The molecule has 4 N–H and O–H groups in total. The fourth-order valence-electron chi connectivity index (χ4n) is 0.831. The molecule has 0 saturated carbocycles. The smallest absolute Gasteiger partial charge is 0.303 e. The summed E-state index contributed by atoms with van der Waals surface area (Å²) in [5.74, 6) is -1.02. The molecule has 0 heterocycles. The van der Waals surface area contributed by atoms with Gasteiger partial charge < -0.3 is 16.2 Å². The van der Waals surface area contributed by atoms with E-state index >= 15 is 0 Å². The van der Waals surface area contributed by atoms with Crippen LogP contribution in [0, 0.1) is 0 Å². The van der Waals surface area contributed by atoms with E-state index in [0.717, 1.165) is 0 Å². The predicted molar refractivity (Wildman–Crippen MR) is 52.8 cm³/mol. The number of hydrogen-bond acceptors (Lipinski definition) is 3. The van der Waals surface area contributed by atoms with E-state index < -0.39 is 11.5 Å². The first-order valence-electron chi connectivity index (χ1n) is 4.63. The minimum Gasteiger partial charge on any atom is -0.481 e. The topological polar surface area (TPSA) is 92.4 Å². The fourth-order valence-corrected chi connectivity index (χ4v) is 0.831. The van der Waals surface area contributed by atoms with E-state index in [1.165, 1.54) is 0 Å².